The molecule has 0 bridgehead atoms. The largest absolute Gasteiger partial charge is 0.216 e. The molecular weight excluding hydrogens is 292 g/mol. The van der Waals surface area contributed by atoms with E-state index in [1.807, 2.05) is 0 Å². The first-order valence-electron chi connectivity index (χ1n) is 3.47. The minimum atomic E-state index is -1.61. The summed E-state index contributed by atoms with van der Waals surface area (Å²) in [7, 11) is 0. The number of alkyl halides is 5. The van der Waals surface area contributed by atoms with E-state index in [1.165, 1.54) is 12.1 Å². The molecule has 0 N–H and O–H groups in total. The Bertz CT molecular complexity index is 331. The Labute approximate surface area is 106 Å². The van der Waals surface area contributed by atoms with Crippen LogP contribution < -0.4 is 0 Å². The molecule has 0 fully saturated rings. The quantitative estimate of drug-likeness (QED) is 0.630. The zero-order valence-corrected chi connectivity index (χ0v) is 10.4. The lowest BCUT2D eigenvalue weighted by atomic mass is 10.1. The van der Waals surface area contributed by atoms with Crippen LogP contribution >= 0.6 is 58.0 Å². The highest BCUT2D eigenvalue weighted by Gasteiger charge is 2.24. The monoisotopic (exact) mass is 294 g/mol. The minimum absolute atomic E-state index is 0.0946. The summed E-state index contributed by atoms with van der Waals surface area (Å²) in [6.07, 6.45) is 0. The molecule has 1 aromatic carbocycles. The summed E-state index contributed by atoms with van der Waals surface area (Å²) >= 11 is 27.9. The van der Waals surface area contributed by atoms with Crippen LogP contribution in [0.4, 0.5) is 4.39 Å². The van der Waals surface area contributed by atoms with Crippen molar-refractivity contribution in [1.29, 1.82) is 0 Å². The molecule has 0 heterocycles. The van der Waals surface area contributed by atoms with Crippen molar-refractivity contribution in [2.75, 3.05) is 0 Å². The molecule has 0 amide bonds. The summed E-state index contributed by atoms with van der Waals surface area (Å²) in [5.41, 5.74) is 0.419. The van der Waals surface area contributed by atoms with E-state index in [9.17, 15) is 4.39 Å². The van der Waals surface area contributed by atoms with E-state index in [-0.39, 0.29) is 5.56 Å². The maximum atomic E-state index is 13.1. The van der Waals surface area contributed by atoms with Gasteiger partial charge in [-0.1, -0.05) is 64.1 Å². The molecule has 78 valence electrons. The third-order valence-corrected chi connectivity index (χ3v) is 2.68. The lowest BCUT2D eigenvalue weighted by Gasteiger charge is -2.13. The van der Waals surface area contributed by atoms with Gasteiger partial charge in [0.2, 0.25) is 3.79 Å². The number of hydrogen-bond acceptors (Lipinski definition) is 0. The first-order valence-corrected chi connectivity index (χ1v) is 5.48. The second-order valence-electron chi connectivity index (χ2n) is 2.53. The fraction of sp³-hybridized carbons (Fsp3) is 0.250. The summed E-state index contributed by atoms with van der Waals surface area (Å²) in [5, 5.41) is 0. The molecule has 0 aliphatic carbocycles. The third kappa shape index (κ3) is 3.04. The van der Waals surface area contributed by atoms with E-state index in [1.54, 1.807) is 0 Å². The van der Waals surface area contributed by atoms with Gasteiger partial charge in [0.15, 0.2) is 0 Å². The lowest BCUT2D eigenvalue weighted by molar-refractivity contribution is 0.615. The predicted octanol–water partition coefficient (Wildman–Crippen LogP) is 5.13. The van der Waals surface area contributed by atoms with Gasteiger partial charge in [0.25, 0.3) is 0 Å². The van der Waals surface area contributed by atoms with Crippen LogP contribution in [0.1, 0.15) is 16.0 Å². The van der Waals surface area contributed by atoms with Gasteiger partial charge in [-0.2, -0.15) is 0 Å². The van der Waals surface area contributed by atoms with Crippen molar-refractivity contribution < 1.29 is 4.39 Å². The van der Waals surface area contributed by atoms with Gasteiger partial charge in [-0.05, 0) is 12.1 Å². The zero-order valence-electron chi connectivity index (χ0n) is 6.58. The summed E-state index contributed by atoms with van der Waals surface area (Å²) in [6, 6.07) is 3.85. The molecule has 0 radical (unpaired) electrons. The van der Waals surface area contributed by atoms with Crippen LogP contribution in [0.5, 0.6) is 0 Å². The van der Waals surface area contributed by atoms with Crippen LogP contribution in [-0.4, -0.2) is 0 Å². The Morgan fingerprint density at radius 3 is 2.14 bits per heavy atom. The highest BCUT2D eigenvalue weighted by atomic mass is 35.6. The average molecular weight is 296 g/mol. The van der Waals surface area contributed by atoms with Gasteiger partial charge >= 0.3 is 0 Å². The smallest absolute Gasteiger partial charge is 0.207 e. The van der Waals surface area contributed by atoms with Gasteiger partial charge in [0.1, 0.15) is 10.7 Å². The van der Waals surface area contributed by atoms with Crippen LogP contribution in [0.15, 0.2) is 18.2 Å². The molecule has 0 aliphatic heterocycles. The van der Waals surface area contributed by atoms with Crippen LogP contribution in [0.2, 0.25) is 0 Å². The topological polar surface area (TPSA) is 0 Å². The van der Waals surface area contributed by atoms with Gasteiger partial charge in [-0.3, -0.25) is 0 Å². The van der Waals surface area contributed by atoms with E-state index >= 15 is 0 Å². The average Bonchev–Trinajstić information content (AvgIpc) is 2.02. The second-order valence-corrected chi connectivity index (χ2v) is 5.91. The Morgan fingerprint density at radius 2 is 1.71 bits per heavy atom. The van der Waals surface area contributed by atoms with E-state index in [2.05, 4.69) is 0 Å². The molecule has 0 saturated carbocycles. The third-order valence-electron chi connectivity index (χ3n) is 1.56. The van der Waals surface area contributed by atoms with Crippen molar-refractivity contribution in [3.63, 3.8) is 0 Å². The molecule has 0 spiro atoms. The zero-order chi connectivity index (χ0) is 10.9. The fourth-order valence-corrected chi connectivity index (χ4v) is 1.57. The van der Waals surface area contributed by atoms with Crippen molar-refractivity contribution in [3.05, 3.63) is 35.1 Å². The Kier molecular flexibility index (Phi) is 4.19. The molecule has 0 aromatic heterocycles. The lowest BCUT2D eigenvalue weighted by Crippen LogP contribution is -2.02. The Hall–Kier alpha value is 0.600. The summed E-state index contributed by atoms with van der Waals surface area (Å²) < 4.78 is 11.5. The van der Waals surface area contributed by atoms with Gasteiger partial charge in [0, 0.05) is 11.1 Å². The number of rotatable bonds is 1. The Morgan fingerprint density at radius 1 is 1.14 bits per heavy atom. The van der Waals surface area contributed by atoms with E-state index in [0.717, 1.165) is 6.07 Å². The summed E-state index contributed by atoms with van der Waals surface area (Å²) in [6.45, 7) is 0. The Balaban J connectivity index is 3.20. The normalized spacial score (nSPS) is 12.2. The maximum Gasteiger partial charge on any atom is 0.216 e. The molecular formula is C8H4Cl5F. The van der Waals surface area contributed by atoms with Crippen molar-refractivity contribution >= 4 is 58.0 Å². The highest BCUT2D eigenvalue weighted by Crippen LogP contribution is 2.40. The van der Waals surface area contributed by atoms with Gasteiger partial charge in [-0.15, -0.1) is 0 Å². The highest BCUT2D eigenvalue weighted by molar-refractivity contribution is 6.66. The predicted molar refractivity (Wildman–Crippen MR) is 60.1 cm³/mol. The fourth-order valence-electron chi connectivity index (χ4n) is 0.887. The minimum Gasteiger partial charge on any atom is -0.207 e. The van der Waals surface area contributed by atoms with E-state index < -0.39 is 14.4 Å². The van der Waals surface area contributed by atoms with E-state index in [0.29, 0.717) is 5.56 Å². The summed E-state index contributed by atoms with van der Waals surface area (Å²) in [5.74, 6) is -0.530. The van der Waals surface area contributed by atoms with Crippen LogP contribution in [0.25, 0.3) is 0 Å². The molecule has 0 atom stereocenters. The number of halogens is 6. The van der Waals surface area contributed by atoms with Crippen LogP contribution in [0, 0.1) is 5.82 Å². The SMILES string of the molecule is Fc1ccc(C(Cl)(Cl)Cl)cc1C(Cl)Cl. The second kappa shape index (κ2) is 4.63. The molecule has 0 aliphatic rings. The summed E-state index contributed by atoms with van der Waals surface area (Å²) in [4.78, 5) is -0.984. The first-order chi connectivity index (χ1) is 6.32. The molecule has 6 heteroatoms. The number of hydrogen-bond donors (Lipinski definition) is 0. The van der Waals surface area contributed by atoms with Crippen LogP contribution in [-0.2, 0) is 3.79 Å². The number of benzene rings is 1. The molecule has 1 rings (SSSR count). The maximum absolute atomic E-state index is 13.1. The molecule has 0 nitrogen and oxygen atoms in total. The molecule has 14 heavy (non-hydrogen) atoms. The van der Waals surface area contributed by atoms with Crippen molar-refractivity contribution in [2.45, 2.75) is 8.63 Å². The van der Waals surface area contributed by atoms with Crippen LogP contribution in [0.3, 0.4) is 0 Å². The van der Waals surface area contributed by atoms with Gasteiger partial charge in [0.05, 0.1) is 0 Å². The van der Waals surface area contributed by atoms with Crippen molar-refractivity contribution in [3.8, 4) is 0 Å². The van der Waals surface area contributed by atoms with Gasteiger partial charge < -0.3 is 0 Å². The molecule has 0 unspecified atom stereocenters. The van der Waals surface area contributed by atoms with Crippen molar-refractivity contribution in [2.24, 2.45) is 0 Å². The van der Waals surface area contributed by atoms with Gasteiger partial charge in [-0.25, -0.2) is 4.39 Å². The van der Waals surface area contributed by atoms with E-state index in [4.69, 9.17) is 58.0 Å². The molecule has 0 saturated heterocycles. The standard InChI is InChI=1S/C8H4Cl5F/c9-7(10)5-3-4(8(11,12)13)1-2-6(5)14/h1-3,7H. The van der Waals surface area contributed by atoms with Crippen molar-refractivity contribution in [1.82, 2.24) is 0 Å². The first kappa shape index (κ1) is 12.7. The molecule has 1 aromatic rings.